The lowest BCUT2D eigenvalue weighted by atomic mass is 9.80. The van der Waals surface area contributed by atoms with Crippen LogP contribution >= 0.6 is 0 Å². The number of aromatic nitrogens is 1. The third-order valence-corrected chi connectivity index (χ3v) is 5.24. The van der Waals surface area contributed by atoms with Crippen LogP contribution in [0.25, 0.3) is 10.9 Å². The summed E-state index contributed by atoms with van der Waals surface area (Å²) in [5, 5.41) is 3.97. The van der Waals surface area contributed by atoms with Crippen LogP contribution in [0.2, 0.25) is 0 Å². The number of quaternary nitrogens is 1. The minimum Gasteiger partial charge on any atom is -0.376 e. The minimum absolute atomic E-state index is 0.0282. The number of benzene rings is 1. The number of H-pyrrole nitrogens is 1. The zero-order chi connectivity index (χ0) is 14.4. The molecule has 1 saturated heterocycles. The van der Waals surface area contributed by atoms with Crippen LogP contribution in [-0.4, -0.2) is 23.7 Å². The highest BCUT2D eigenvalue weighted by Crippen LogP contribution is 2.38. The van der Waals surface area contributed by atoms with Crippen LogP contribution in [0.1, 0.15) is 44.0 Å². The van der Waals surface area contributed by atoms with E-state index in [0.29, 0.717) is 12.0 Å². The standard InChI is InChI=1S/C18H24N2O/c1-18(2)11-12(8-10-21-18)16-17-14(7-9-19-16)13-5-3-4-6-15(13)20-17/h3-6,12,16,19-20H,7-11H2,1-2H3/p+1/t12-,16-/m1/s1. The number of nitrogens with two attached hydrogens (primary N) is 1. The molecular weight excluding hydrogens is 260 g/mol. The van der Waals surface area contributed by atoms with Gasteiger partial charge in [-0.15, -0.1) is 0 Å². The molecule has 0 radical (unpaired) electrons. The number of nitrogens with one attached hydrogen (secondary N) is 1. The largest absolute Gasteiger partial charge is 0.376 e. The molecule has 1 fully saturated rings. The Balaban J connectivity index is 1.73. The number of ether oxygens (including phenoxy) is 1. The molecule has 21 heavy (non-hydrogen) atoms. The van der Waals surface area contributed by atoms with Gasteiger partial charge in [0.2, 0.25) is 0 Å². The molecule has 1 aromatic carbocycles. The molecule has 0 amide bonds. The van der Waals surface area contributed by atoms with Gasteiger partial charge in [-0.3, -0.25) is 0 Å². The van der Waals surface area contributed by atoms with E-state index in [4.69, 9.17) is 4.74 Å². The first-order valence-corrected chi connectivity index (χ1v) is 8.21. The molecule has 3 nitrogen and oxygen atoms in total. The van der Waals surface area contributed by atoms with Crippen molar-refractivity contribution in [1.82, 2.24) is 4.98 Å². The highest BCUT2D eigenvalue weighted by atomic mass is 16.5. The van der Waals surface area contributed by atoms with E-state index in [2.05, 4.69) is 48.4 Å². The number of aromatic amines is 1. The van der Waals surface area contributed by atoms with E-state index in [1.807, 2.05) is 0 Å². The lowest BCUT2D eigenvalue weighted by molar-refractivity contribution is -0.707. The van der Waals surface area contributed by atoms with Crippen molar-refractivity contribution in [3.8, 4) is 0 Å². The van der Waals surface area contributed by atoms with E-state index in [9.17, 15) is 0 Å². The topological polar surface area (TPSA) is 41.6 Å². The van der Waals surface area contributed by atoms with Gasteiger partial charge >= 0.3 is 0 Å². The van der Waals surface area contributed by atoms with E-state index in [-0.39, 0.29) is 5.60 Å². The maximum Gasteiger partial charge on any atom is 0.130 e. The first-order chi connectivity index (χ1) is 10.1. The second kappa shape index (κ2) is 4.85. The molecule has 0 bridgehead atoms. The van der Waals surface area contributed by atoms with Crippen molar-refractivity contribution < 1.29 is 10.1 Å². The molecule has 0 spiro atoms. The predicted molar refractivity (Wildman–Crippen MR) is 84.3 cm³/mol. The van der Waals surface area contributed by atoms with Gasteiger partial charge in [-0.25, -0.2) is 0 Å². The normalized spacial score (nSPS) is 28.5. The Hall–Kier alpha value is -1.32. The molecule has 1 aromatic heterocycles. The van der Waals surface area contributed by atoms with Crippen molar-refractivity contribution in [2.24, 2.45) is 5.92 Å². The summed E-state index contributed by atoms with van der Waals surface area (Å²) < 4.78 is 5.91. The first kappa shape index (κ1) is 13.4. The second-order valence-corrected chi connectivity index (χ2v) is 7.22. The summed E-state index contributed by atoms with van der Waals surface area (Å²) in [6.45, 7) is 6.57. The van der Waals surface area contributed by atoms with Crippen molar-refractivity contribution in [1.29, 1.82) is 0 Å². The number of rotatable bonds is 1. The Labute approximate surface area is 126 Å². The fourth-order valence-electron chi connectivity index (χ4n) is 4.31. The van der Waals surface area contributed by atoms with Crippen molar-refractivity contribution in [3.63, 3.8) is 0 Å². The van der Waals surface area contributed by atoms with Crippen molar-refractivity contribution in [2.75, 3.05) is 13.2 Å². The fourth-order valence-corrected chi connectivity index (χ4v) is 4.31. The second-order valence-electron chi connectivity index (χ2n) is 7.22. The zero-order valence-corrected chi connectivity index (χ0v) is 13.0. The highest BCUT2D eigenvalue weighted by molar-refractivity contribution is 5.84. The van der Waals surface area contributed by atoms with E-state index >= 15 is 0 Å². The average molecular weight is 285 g/mol. The first-order valence-electron chi connectivity index (χ1n) is 8.21. The van der Waals surface area contributed by atoms with Crippen LogP contribution in [0, 0.1) is 5.92 Å². The minimum atomic E-state index is 0.0282. The van der Waals surface area contributed by atoms with Crippen LogP contribution in [0.3, 0.4) is 0 Å². The van der Waals surface area contributed by atoms with Crippen LogP contribution in [0.4, 0.5) is 0 Å². The van der Waals surface area contributed by atoms with Gasteiger partial charge in [0.25, 0.3) is 0 Å². The van der Waals surface area contributed by atoms with Gasteiger partial charge in [0, 0.05) is 29.8 Å². The van der Waals surface area contributed by atoms with E-state index < -0.39 is 0 Å². The lowest BCUT2D eigenvalue weighted by Crippen LogP contribution is -2.88. The Morgan fingerprint density at radius 3 is 3.00 bits per heavy atom. The predicted octanol–water partition coefficient (Wildman–Crippen LogP) is 2.53. The van der Waals surface area contributed by atoms with E-state index in [1.54, 1.807) is 5.56 Å². The van der Waals surface area contributed by atoms with Gasteiger partial charge in [-0.1, -0.05) is 18.2 Å². The lowest BCUT2D eigenvalue weighted by Gasteiger charge is -2.39. The number of hydrogen-bond donors (Lipinski definition) is 2. The molecule has 2 aliphatic rings. The van der Waals surface area contributed by atoms with E-state index in [1.165, 1.54) is 36.0 Å². The third kappa shape index (κ3) is 2.29. The molecule has 3 N–H and O–H groups in total. The summed E-state index contributed by atoms with van der Waals surface area (Å²) in [6.07, 6.45) is 3.52. The van der Waals surface area contributed by atoms with Gasteiger partial charge in [0.15, 0.2) is 0 Å². The molecule has 3 heteroatoms. The summed E-state index contributed by atoms with van der Waals surface area (Å²) >= 11 is 0. The van der Waals surface area contributed by atoms with Crippen LogP contribution < -0.4 is 5.32 Å². The monoisotopic (exact) mass is 285 g/mol. The number of hydrogen-bond acceptors (Lipinski definition) is 1. The molecule has 112 valence electrons. The van der Waals surface area contributed by atoms with Crippen LogP contribution in [-0.2, 0) is 11.2 Å². The fraction of sp³-hybridized carbons (Fsp3) is 0.556. The summed E-state index contributed by atoms with van der Waals surface area (Å²) in [5.41, 5.74) is 4.36. The third-order valence-electron chi connectivity index (χ3n) is 5.24. The molecule has 2 atom stereocenters. The Bertz CT molecular complexity index is 658. The maximum atomic E-state index is 5.91. The summed E-state index contributed by atoms with van der Waals surface area (Å²) in [5.74, 6) is 0.709. The summed E-state index contributed by atoms with van der Waals surface area (Å²) in [4.78, 5) is 3.72. The van der Waals surface area contributed by atoms with Gasteiger partial charge < -0.3 is 15.0 Å². The molecule has 0 unspecified atom stereocenters. The number of fused-ring (bicyclic) bond motifs is 3. The van der Waals surface area contributed by atoms with Gasteiger partial charge in [-0.05, 0) is 38.3 Å². The summed E-state index contributed by atoms with van der Waals surface area (Å²) in [6, 6.07) is 9.32. The number of para-hydroxylation sites is 1. The molecular formula is C18H25N2O+. The van der Waals surface area contributed by atoms with Gasteiger partial charge in [0.1, 0.15) is 6.04 Å². The molecule has 3 heterocycles. The zero-order valence-electron chi connectivity index (χ0n) is 13.0. The summed E-state index contributed by atoms with van der Waals surface area (Å²) in [7, 11) is 0. The SMILES string of the molecule is CC1(C)C[C@H]([C@H]2[NH2+]CCc3c2[nH]c2ccccc32)CCO1. The van der Waals surface area contributed by atoms with Crippen LogP contribution in [0.5, 0.6) is 0 Å². The van der Waals surface area contributed by atoms with Crippen molar-refractivity contribution >= 4 is 10.9 Å². The highest BCUT2D eigenvalue weighted by Gasteiger charge is 2.39. The van der Waals surface area contributed by atoms with Crippen molar-refractivity contribution in [3.05, 3.63) is 35.5 Å². The Kier molecular flexibility index (Phi) is 3.09. The van der Waals surface area contributed by atoms with E-state index in [0.717, 1.165) is 13.0 Å². The maximum absolute atomic E-state index is 5.91. The Morgan fingerprint density at radius 1 is 1.29 bits per heavy atom. The molecule has 0 aliphatic carbocycles. The van der Waals surface area contributed by atoms with Gasteiger partial charge in [0.05, 0.1) is 17.8 Å². The quantitative estimate of drug-likeness (QED) is 0.830. The smallest absolute Gasteiger partial charge is 0.130 e. The molecule has 0 saturated carbocycles. The van der Waals surface area contributed by atoms with Crippen LogP contribution in [0.15, 0.2) is 24.3 Å². The molecule has 2 aliphatic heterocycles. The molecule has 4 rings (SSSR count). The van der Waals surface area contributed by atoms with Crippen molar-refractivity contribution in [2.45, 2.75) is 44.8 Å². The average Bonchev–Trinajstić information content (AvgIpc) is 2.84. The Morgan fingerprint density at radius 2 is 2.14 bits per heavy atom. The molecule has 2 aromatic rings. The van der Waals surface area contributed by atoms with Gasteiger partial charge in [-0.2, -0.15) is 0 Å².